The number of benzene rings is 3. The number of halogens is 1. The quantitative estimate of drug-likeness (QED) is 0.340. The molecule has 0 radical (unpaired) electrons. The molecule has 3 aromatic carbocycles. The number of rotatable bonds is 10. The van der Waals surface area contributed by atoms with Gasteiger partial charge in [0.05, 0.1) is 18.8 Å². The molecule has 5 heteroatoms. The molecule has 4 nitrogen and oxygen atoms in total. The SMILES string of the molecule is CCC(=O)N(c1ccccc1)C1(COCc2ccccc2)CCN(CCc2ccccc2)CC1.Cl. The van der Waals surface area contributed by atoms with Gasteiger partial charge in [-0.1, -0.05) is 85.8 Å². The van der Waals surface area contributed by atoms with E-state index in [1.54, 1.807) is 0 Å². The van der Waals surface area contributed by atoms with Crippen molar-refractivity contribution in [2.45, 2.75) is 44.8 Å². The van der Waals surface area contributed by atoms with Crippen LogP contribution in [-0.2, 0) is 22.6 Å². The summed E-state index contributed by atoms with van der Waals surface area (Å²) in [5.41, 5.74) is 3.16. The summed E-state index contributed by atoms with van der Waals surface area (Å²) in [7, 11) is 0. The summed E-state index contributed by atoms with van der Waals surface area (Å²) in [4.78, 5) is 17.9. The Hall–Kier alpha value is -2.66. The predicted molar refractivity (Wildman–Crippen MR) is 146 cm³/mol. The highest BCUT2D eigenvalue weighted by atomic mass is 35.5. The number of carbonyl (C=O) groups excluding carboxylic acids is 1. The summed E-state index contributed by atoms with van der Waals surface area (Å²) in [5, 5.41) is 0. The van der Waals surface area contributed by atoms with Gasteiger partial charge in [-0.25, -0.2) is 0 Å². The number of carbonyl (C=O) groups is 1. The zero-order valence-electron chi connectivity index (χ0n) is 20.6. The van der Waals surface area contributed by atoms with Gasteiger partial charge in [0, 0.05) is 31.7 Å². The minimum absolute atomic E-state index is 0. The van der Waals surface area contributed by atoms with Crippen molar-refractivity contribution in [1.29, 1.82) is 0 Å². The van der Waals surface area contributed by atoms with Crippen molar-refractivity contribution in [1.82, 2.24) is 4.90 Å². The zero-order chi connectivity index (χ0) is 23.6. The second-order valence-corrected chi connectivity index (χ2v) is 9.20. The third kappa shape index (κ3) is 7.17. The molecule has 0 bridgehead atoms. The van der Waals surface area contributed by atoms with Crippen LogP contribution in [-0.4, -0.2) is 42.6 Å². The van der Waals surface area contributed by atoms with Gasteiger partial charge in [-0.15, -0.1) is 12.4 Å². The fourth-order valence-corrected chi connectivity index (χ4v) is 4.91. The number of ether oxygens (including phenoxy) is 1. The molecule has 1 aliphatic heterocycles. The third-order valence-corrected chi connectivity index (χ3v) is 6.87. The molecule has 35 heavy (non-hydrogen) atoms. The fourth-order valence-electron chi connectivity index (χ4n) is 4.91. The second-order valence-electron chi connectivity index (χ2n) is 9.20. The molecule has 0 aliphatic carbocycles. The topological polar surface area (TPSA) is 32.8 Å². The first-order valence-electron chi connectivity index (χ1n) is 12.5. The van der Waals surface area contributed by atoms with Gasteiger partial charge < -0.3 is 14.5 Å². The van der Waals surface area contributed by atoms with Crippen LogP contribution in [0.15, 0.2) is 91.0 Å². The highest BCUT2D eigenvalue weighted by Gasteiger charge is 2.43. The molecule has 4 rings (SSSR count). The van der Waals surface area contributed by atoms with Gasteiger partial charge in [-0.3, -0.25) is 4.79 Å². The minimum atomic E-state index is -0.341. The van der Waals surface area contributed by atoms with Crippen LogP contribution in [0, 0.1) is 0 Å². The molecule has 0 aromatic heterocycles. The van der Waals surface area contributed by atoms with Crippen molar-refractivity contribution in [2.75, 3.05) is 31.1 Å². The van der Waals surface area contributed by atoms with Gasteiger partial charge in [0.15, 0.2) is 0 Å². The smallest absolute Gasteiger partial charge is 0.227 e. The number of para-hydroxylation sites is 1. The van der Waals surface area contributed by atoms with Gasteiger partial charge >= 0.3 is 0 Å². The number of amides is 1. The highest BCUT2D eigenvalue weighted by Crippen LogP contribution is 2.35. The molecule has 1 fully saturated rings. The first kappa shape index (κ1) is 26.9. The largest absolute Gasteiger partial charge is 0.374 e. The van der Waals surface area contributed by atoms with E-state index >= 15 is 0 Å². The molecule has 0 spiro atoms. The number of likely N-dealkylation sites (tertiary alicyclic amines) is 1. The van der Waals surface area contributed by atoms with Crippen LogP contribution in [0.4, 0.5) is 5.69 Å². The molecular formula is C30H37ClN2O2. The molecule has 3 aromatic rings. The lowest BCUT2D eigenvalue weighted by Gasteiger charge is -2.48. The maximum absolute atomic E-state index is 13.3. The molecule has 0 N–H and O–H groups in total. The van der Waals surface area contributed by atoms with Crippen molar-refractivity contribution >= 4 is 24.0 Å². The predicted octanol–water partition coefficient (Wildman–Crippen LogP) is 6.15. The third-order valence-electron chi connectivity index (χ3n) is 6.87. The monoisotopic (exact) mass is 492 g/mol. The lowest BCUT2D eigenvalue weighted by atomic mass is 9.85. The van der Waals surface area contributed by atoms with E-state index < -0.39 is 0 Å². The Morgan fingerprint density at radius 1 is 0.857 bits per heavy atom. The number of hydrogen-bond donors (Lipinski definition) is 0. The van der Waals surface area contributed by atoms with Crippen LogP contribution in [0.3, 0.4) is 0 Å². The molecule has 1 saturated heterocycles. The van der Waals surface area contributed by atoms with Crippen LogP contribution < -0.4 is 4.90 Å². The Bertz CT molecular complexity index is 1010. The summed E-state index contributed by atoms with van der Waals surface area (Å²) in [6.45, 7) is 6.01. The molecule has 186 valence electrons. The molecule has 0 unspecified atom stereocenters. The van der Waals surface area contributed by atoms with Crippen molar-refractivity contribution in [3.8, 4) is 0 Å². The molecule has 1 amide bonds. The number of hydrogen-bond acceptors (Lipinski definition) is 3. The van der Waals surface area contributed by atoms with Crippen molar-refractivity contribution in [3.63, 3.8) is 0 Å². The van der Waals surface area contributed by atoms with Crippen LogP contribution in [0.25, 0.3) is 0 Å². The van der Waals surface area contributed by atoms with Gasteiger partial charge in [-0.05, 0) is 42.5 Å². The van der Waals surface area contributed by atoms with Crippen LogP contribution in [0.5, 0.6) is 0 Å². The van der Waals surface area contributed by atoms with Gasteiger partial charge in [0.1, 0.15) is 0 Å². The van der Waals surface area contributed by atoms with E-state index in [1.165, 1.54) is 5.56 Å². The van der Waals surface area contributed by atoms with Crippen LogP contribution >= 0.6 is 12.4 Å². The van der Waals surface area contributed by atoms with E-state index in [9.17, 15) is 4.79 Å². The molecular weight excluding hydrogens is 456 g/mol. The molecule has 0 atom stereocenters. The van der Waals surface area contributed by atoms with Crippen LogP contribution in [0.2, 0.25) is 0 Å². The summed E-state index contributed by atoms with van der Waals surface area (Å²) in [6, 6.07) is 31.1. The maximum atomic E-state index is 13.3. The second kappa shape index (κ2) is 13.4. The first-order valence-corrected chi connectivity index (χ1v) is 12.5. The van der Waals surface area contributed by atoms with E-state index in [1.807, 2.05) is 60.4 Å². The lowest BCUT2D eigenvalue weighted by molar-refractivity contribution is -0.120. The average molecular weight is 493 g/mol. The summed E-state index contributed by atoms with van der Waals surface area (Å²) >= 11 is 0. The van der Waals surface area contributed by atoms with Crippen LogP contribution in [0.1, 0.15) is 37.3 Å². The van der Waals surface area contributed by atoms with Crippen molar-refractivity contribution < 1.29 is 9.53 Å². The van der Waals surface area contributed by atoms with E-state index in [0.29, 0.717) is 19.6 Å². The summed E-state index contributed by atoms with van der Waals surface area (Å²) < 4.78 is 6.31. The van der Waals surface area contributed by atoms with Gasteiger partial charge in [0.2, 0.25) is 5.91 Å². The van der Waals surface area contributed by atoms with Gasteiger partial charge in [0.25, 0.3) is 0 Å². The molecule has 0 saturated carbocycles. The Balaban J connectivity index is 0.00000342. The number of anilines is 1. The van der Waals surface area contributed by atoms with Gasteiger partial charge in [-0.2, -0.15) is 0 Å². The molecule has 1 heterocycles. The normalized spacial score (nSPS) is 15.2. The Kier molecular flexibility index (Phi) is 10.3. The Morgan fingerprint density at radius 2 is 1.40 bits per heavy atom. The zero-order valence-corrected chi connectivity index (χ0v) is 21.5. The van der Waals surface area contributed by atoms with E-state index in [-0.39, 0.29) is 23.9 Å². The Labute approximate surface area is 216 Å². The lowest BCUT2D eigenvalue weighted by Crippen LogP contribution is -2.60. The number of piperidine rings is 1. The average Bonchev–Trinajstić information content (AvgIpc) is 2.90. The number of nitrogens with zero attached hydrogens (tertiary/aromatic N) is 2. The van der Waals surface area contributed by atoms with E-state index in [2.05, 4.69) is 47.4 Å². The van der Waals surface area contributed by atoms with E-state index in [0.717, 1.165) is 50.1 Å². The minimum Gasteiger partial charge on any atom is -0.374 e. The maximum Gasteiger partial charge on any atom is 0.227 e. The summed E-state index contributed by atoms with van der Waals surface area (Å²) in [6.07, 6.45) is 3.33. The highest BCUT2D eigenvalue weighted by molar-refractivity contribution is 5.94. The fraction of sp³-hybridized carbons (Fsp3) is 0.367. The molecule has 1 aliphatic rings. The van der Waals surface area contributed by atoms with Crippen molar-refractivity contribution in [2.24, 2.45) is 0 Å². The first-order chi connectivity index (χ1) is 16.7. The summed E-state index contributed by atoms with van der Waals surface area (Å²) in [5.74, 6) is 0.159. The Morgan fingerprint density at radius 3 is 1.97 bits per heavy atom. The van der Waals surface area contributed by atoms with E-state index in [4.69, 9.17) is 4.74 Å². The standard InChI is InChI=1S/C30H36N2O2.ClH/c1-2-29(33)32(28-16-10-5-11-17-28)30(25-34-24-27-14-8-4-9-15-27)19-22-31(23-20-30)21-18-26-12-6-3-7-13-26;/h3-17H,2,18-25H2,1H3;1H. The van der Waals surface area contributed by atoms with Crippen molar-refractivity contribution in [3.05, 3.63) is 102 Å².